The average Bonchev–Trinajstić information content (AvgIpc) is 2.62. The van der Waals surface area contributed by atoms with E-state index >= 15 is 0 Å². The highest BCUT2D eigenvalue weighted by Crippen LogP contribution is 2.34. The van der Waals surface area contributed by atoms with Gasteiger partial charge in [0, 0.05) is 0 Å². The summed E-state index contributed by atoms with van der Waals surface area (Å²) in [4.78, 5) is 12.0. The van der Waals surface area contributed by atoms with Crippen LogP contribution < -0.4 is 14.9 Å². The van der Waals surface area contributed by atoms with Crippen LogP contribution >= 0.6 is 15.9 Å². The van der Waals surface area contributed by atoms with Crippen molar-refractivity contribution in [1.29, 1.82) is 0 Å². The second-order valence-corrected chi connectivity index (χ2v) is 7.74. The molecule has 0 atom stereocenters. The van der Waals surface area contributed by atoms with Crippen LogP contribution in [0.2, 0.25) is 0 Å². The molecule has 144 valence electrons. The Balaban J connectivity index is 1.96. The molecular formula is C20H23BrN2O4. The predicted molar refractivity (Wildman–Crippen MR) is 109 cm³/mol. The summed E-state index contributed by atoms with van der Waals surface area (Å²) in [5, 5.41) is 13.7. The summed E-state index contributed by atoms with van der Waals surface area (Å²) in [7, 11) is 1.46. The van der Waals surface area contributed by atoms with Crippen molar-refractivity contribution in [3.63, 3.8) is 0 Å². The van der Waals surface area contributed by atoms with Crippen LogP contribution in [0.5, 0.6) is 17.2 Å². The van der Waals surface area contributed by atoms with Gasteiger partial charge in [0.1, 0.15) is 5.75 Å². The van der Waals surface area contributed by atoms with Crippen LogP contribution in [-0.4, -0.2) is 30.9 Å². The molecule has 2 N–H and O–H groups in total. The lowest BCUT2D eigenvalue weighted by atomic mass is 9.86. The van der Waals surface area contributed by atoms with Gasteiger partial charge in [-0.15, -0.1) is 0 Å². The number of hydrogen-bond acceptors (Lipinski definition) is 5. The first-order valence-corrected chi connectivity index (χ1v) is 9.12. The van der Waals surface area contributed by atoms with Gasteiger partial charge >= 0.3 is 0 Å². The zero-order valence-electron chi connectivity index (χ0n) is 15.7. The topological polar surface area (TPSA) is 80.2 Å². The molecule has 0 saturated heterocycles. The normalized spacial score (nSPS) is 11.4. The number of halogens is 1. The van der Waals surface area contributed by atoms with Gasteiger partial charge in [0.2, 0.25) is 0 Å². The molecule has 0 aliphatic rings. The Bertz CT molecular complexity index is 844. The molecule has 0 saturated carbocycles. The molecule has 2 rings (SSSR count). The summed E-state index contributed by atoms with van der Waals surface area (Å²) in [6.45, 7) is 6.11. The minimum Gasteiger partial charge on any atom is -0.503 e. The van der Waals surface area contributed by atoms with Crippen LogP contribution in [-0.2, 0) is 10.2 Å². The van der Waals surface area contributed by atoms with E-state index in [1.54, 1.807) is 12.1 Å². The SMILES string of the molecule is COc1cc(/C=N/NC(=O)COc2ccccc2C(C)(C)C)cc(Br)c1O. The maximum Gasteiger partial charge on any atom is 0.277 e. The molecule has 2 aromatic carbocycles. The Morgan fingerprint density at radius 3 is 2.63 bits per heavy atom. The number of methoxy groups -OCH3 is 1. The van der Waals surface area contributed by atoms with Gasteiger partial charge in [-0.3, -0.25) is 4.79 Å². The second kappa shape index (κ2) is 8.90. The molecule has 0 aliphatic carbocycles. The summed E-state index contributed by atoms with van der Waals surface area (Å²) in [5.74, 6) is 0.611. The zero-order chi connectivity index (χ0) is 20.0. The van der Waals surface area contributed by atoms with Gasteiger partial charge in [-0.2, -0.15) is 5.10 Å². The van der Waals surface area contributed by atoms with Crippen molar-refractivity contribution in [1.82, 2.24) is 5.43 Å². The Hall–Kier alpha value is -2.54. The molecule has 7 heteroatoms. The van der Waals surface area contributed by atoms with Gasteiger partial charge in [0.25, 0.3) is 5.91 Å². The lowest BCUT2D eigenvalue weighted by molar-refractivity contribution is -0.123. The monoisotopic (exact) mass is 434 g/mol. The quantitative estimate of drug-likeness (QED) is 0.531. The lowest BCUT2D eigenvalue weighted by Crippen LogP contribution is -2.25. The van der Waals surface area contributed by atoms with Gasteiger partial charge in [-0.05, 0) is 50.7 Å². The molecular weight excluding hydrogens is 412 g/mol. The first-order chi connectivity index (χ1) is 12.7. The highest BCUT2D eigenvalue weighted by molar-refractivity contribution is 9.10. The van der Waals surface area contributed by atoms with Gasteiger partial charge in [-0.25, -0.2) is 5.43 Å². The van der Waals surface area contributed by atoms with Crippen molar-refractivity contribution >= 4 is 28.1 Å². The number of phenols is 1. The number of phenolic OH excluding ortho intramolecular Hbond substituents is 1. The summed E-state index contributed by atoms with van der Waals surface area (Å²) >= 11 is 3.23. The number of hydrogen-bond donors (Lipinski definition) is 2. The third-order valence-electron chi connectivity index (χ3n) is 3.73. The van der Waals surface area contributed by atoms with Crippen LogP contribution in [0.4, 0.5) is 0 Å². The fraction of sp³-hybridized carbons (Fsp3) is 0.300. The van der Waals surface area contributed by atoms with Gasteiger partial charge in [0.05, 0.1) is 17.8 Å². The van der Waals surface area contributed by atoms with E-state index in [4.69, 9.17) is 9.47 Å². The van der Waals surface area contributed by atoms with Crippen LogP contribution in [0.25, 0.3) is 0 Å². The van der Waals surface area contributed by atoms with E-state index in [0.717, 1.165) is 5.56 Å². The van der Waals surface area contributed by atoms with Crippen LogP contribution in [0, 0.1) is 0 Å². The third-order valence-corrected chi connectivity index (χ3v) is 4.33. The second-order valence-electron chi connectivity index (χ2n) is 6.88. The number of para-hydroxylation sites is 1. The smallest absolute Gasteiger partial charge is 0.277 e. The van der Waals surface area contributed by atoms with Crippen molar-refractivity contribution in [3.8, 4) is 17.2 Å². The number of benzene rings is 2. The van der Waals surface area contributed by atoms with Crippen LogP contribution in [0.15, 0.2) is 46.0 Å². The highest BCUT2D eigenvalue weighted by atomic mass is 79.9. The van der Waals surface area contributed by atoms with Crippen molar-refractivity contribution < 1.29 is 19.4 Å². The number of aromatic hydroxyl groups is 1. The Labute approximate surface area is 167 Å². The fourth-order valence-electron chi connectivity index (χ4n) is 2.39. The van der Waals surface area contributed by atoms with E-state index in [0.29, 0.717) is 21.5 Å². The Morgan fingerprint density at radius 1 is 1.26 bits per heavy atom. The van der Waals surface area contributed by atoms with E-state index < -0.39 is 0 Å². The van der Waals surface area contributed by atoms with Crippen molar-refractivity contribution in [2.45, 2.75) is 26.2 Å². The number of amides is 1. The molecule has 1 amide bonds. The van der Waals surface area contributed by atoms with E-state index in [2.05, 4.69) is 47.2 Å². The maximum atomic E-state index is 12.0. The summed E-state index contributed by atoms with van der Waals surface area (Å²) in [5.41, 5.74) is 4.01. The third kappa shape index (κ3) is 5.72. The van der Waals surface area contributed by atoms with Crippen LogP contribution in [0.3, 0.4) is 0 Å². The molecule has 0 spiro atoms. The van der Waals surface area contributed by atoms with Crippen molar-refractivity contribution in [2.24, 2.45) is 5.10 Å². The van der Waals surface area contributed by atoms with Gasteiger partial charge in [-0.1, -0.05) is 39.0 Å². The fourth-order valence-corrected chi connectivity index (χ4v) is 2.85. The Kier molecular flexibility index (Phi) is 6.85. The average molecular weight is 435 g/mol. The largest absolute Gasteiger partial charge is 0.503 e. The zero-order valence-corrected chi connectivity index (χ0v) is 17.3. The van der Waals surface area contributed by atoms with E-state index in [-0.39, 0.29) is 23.7 Å². The maximum absolute atomic E-state index is 12.0. The highest BCUT2D eigenvalue weighted by Gasteiger charge is 2.18. The number of carbonyl (C=O) groups excluding carboxylic acids is 1. The summed E-state index contributed by atoms with van der Waals surface area (Å²) in [6.07, 6.45) is 1.45. The first-order valence-electron chi connectivity index (χ1n) is 8.33. The predicted octanol–water partition coefficient (Wildman–Crippen LogP) is 3.99. The molecule has 0 fully saturated rings. The minimum absolute atomic E-state index is 0.00426. The van der Waals surface area contributed by atoms with Gasteiger partial charge in [0.15, 0.2) is 18.1 Å². The molecule has 27 heavy (non-hydrogen) atoms. The van der Waals surface area contributed by atoms with Crippen LogP contribution in [0.1, 0.15) is 31.9 Å². The molecule has 0 aliphatic heterocycles. The van der Waals surface area contributed by atoms with E-state index in [9.17, 15) is 9.90 Å². The number of ether oxygens (including phenoxy) is 2. The van der Waals surface area contributed by atoms with Crippen molar-refractivity contribution in [3.05, 3.63) is 52.0 Å². The Morgan fingerprint density at radius 2 is 1.96 bits per heavy atom. The minimum atomic E-state index is -0.375. The van der Waals surface area contributed by atoms with Gasteiger partial charge < -0.3 is 14.6 Å². The number of nitrogens with one attached hydrogen (secondary N) is 1. The number of hydrazone groups is 1. The van der Waals surface area contributed by atoms with Crippen molar-refractivity contribution in [2.75, 3.05) is 13.7 Å². The molecule has 0 unspecified atom stereocenters. The summed E-state index contributed by atoms with van der Waals surface area (Å²) in [6, 6.07) is 10.9. The number of nitrogens with zero attached hydrogens (tertiary/aromatic N) is 1. The number of carbonyl (C=O) groups is 1. The molecule has 0 aromatic heterocycles. The first kappa shape index (κ1) is 20.8. The molecule has 6 nitrogen and oxygen atoms in total. The standard InChI is InChI=1S/C20H23BrN2O4/c1-20(2,3)14-7-5-6-8-16(14)27-12-18(24)23-22-11-13-9-15(21)19(25)17(10-13)26-4/h5-11,25H,12H2,1-4H3,(H,23,24)/b22-11+. The summed E-state index contributed by atoms with van der Waals surface area (Å²) < 4.78 is 11.2. The molecule has 0 bridgehead atoms. The lowest BCUT2D eigenvalue weighted by Gasteiger charge is -2.22. The van der Waals surface area contributed by atoms with E-state index in [1.807, 2.05) is 24.3 Å². The molecule has 0 radical (unpaired) electrons. The van der Waals surface area contributed by atoms with E-state index in [1.165, 1.54) is 13.3 Å². The molecule has 2 aromatic rings. The molecule has 0 heterocycles. The number of rotatable bonds is 6.